The van der Waals surface area contributed by atoms with Gasteiger partial charge in [0.15, 0.2) is 26.5 Å². The van der Waals surface area contributed by atoms with Gasteiger partial charge in [-0.05, 0) is 50.1 Å². The van der Waals surface area contributed by atoms with Crippen LogP contribution >= 0.6 is 22.9 Å². The number of thiazole rings is 1. The van der Waals surface area contributed by atoms with Crippen molar-refractivity contribution in [1.82, 2.24) is 4.98 Å². The van der Waals surface area contributed by atoms with Crippen molar-refractivity contribution in [2.24, 2.45) is 0 Å². The summed E-state index contributed by atoms with van der Waals surface area (Å²) < 4.78 is 44.9. The molecule has 3 aromatic rings. The van der Waals surface area contributed by atoms with Crippen LogP contribution in [0.2, 0.25) is 5.02 Å². The summed E-state index contributed by atoms with van der Waals surface area (Å²) >= 11 is 7.08. The first kappa shape index (κ1) is 21.7. The number of benzene rings is 2. The van der Waals surface area contributed by atoms with E-state index in [1.807, 2.05) is 6.92 Å². The maximum absolute atomic E-state index is 14.3. The maximum Gasteiger partial charge on any atom is 0.271 e. The SMILES string of the molecule is Cc1cnc(NC(=O)C(Oc2ccc(Cl)cc2F)c2ccc(S(=O)(=O)C3CC3)cc2)s1. The highest BCUT2D eigenvalue weighted by Crippen LogP contribution is 2.34. The third kappa shape index (κ3) is 4.89. The Morgan fingerprint density at radius 1 is 1.26 bits per heavy atom. The third-order valence-electron chi connectivity index (χ3n) is 4.70. The molecule has 10 heteroatoms. The number of aryl methyl sites for hydroxylation is 1. The van der Waals surface area contributed by atoms with E-state index in [1.165, 1.54) is 47.7 Å². The molecular weight excluding hydrogens is 463 g/mol. The van der Waals surface area contributed by atoms with Crippen molar-refractivity contribution in [2.75, 3.05) is 5.32 Å². The van der Waals surface area contributed by atoms with E-state index < -0.39 is 27.7 Å². The smallest absolute Gasteiger partial charge is 0.271 e. The van der Waals surface area contributed by atoms with Crippen LogP contribution in [0.4, 0.5) is 9.52 Å². The number of sulfone groups is 1. The van der Waals surface area contributed by atoms with Crippen LogP contribution in [0.1, 0.15) is 29.4 Å². The highest BCUT2D eigenvalue weighted by molar-refractivity contribution is 7.92. The summed E-state index contributed by atoms with van der Waals surface area (Å²) in [5.74, 6) is -1.45. The van der Waals surface area contributed by atoms with Crippen LogP contribution in [0.3, 0.4) is 0 Å². The van der Waals surface area contributed by atoms with Gasteiger partial charge in [0.25, 0.3) is 5.91 Å². The number of nitrogens with one attached hydrogen (secondary N) is 1. The predicted octanol–water partition coefficient (Wildman–Crippen LogP) is 4.94. The Balaban J connectivity index is 1.64. The van der Waals surface area contributed by atoms with Gasteiger partial charge in [-0.2, -0.15) is 0 Å². The molecule has 1 aromatic heterocycles. The molecule has 0 bridgehead atoms. The summed E-state index contributed by atoms with van der Waals surface area (Å²) in [5.41, 5.74) is 0.370. The number of halogens is 2. The highest BCUT2D eigenvalue weighted by Gasteiger charge is 2.37. The average Bonchev–Trinajstić information content (AvgIpc) is 3.51. The van der Waals surface area contributed by atoms with Gasteiger partial charge in [0.1, 0.15) is 0 Å². The van der Waals surface area contributed by atoms with Gasteiger partial charge in [-0.3, -0.25) is 10.1 Å². The largest absolute Gasteiger partial charge is 0.473 e. The highest BCUT2D eigenvalue weighted by atomic mass is 35.5. The Kier molecular flexibility index (Phi) is 6.00. The molecule has 1 N–H and O–H groups in total. The van der Waals surface area contributed by atoms with E-state index in [9.17, 15) is 17.6 Å². The van der Waals surface area contributed by atoms with Gasteiger partial charge < -0.3 is 4.74 Å². The molecule has 6 nitrogen and oxygen atoms in total. The Morgan fingerprint density at radius 3 is 2.55 bits per heavy atom. The molecule has 0 saturated heterocycles. The normalized spacial score (nSPS) is 14.8. The fourth-order valence-electron chi connectivity index (χ4n) is 2.96. The zero-order chi connectivity index (χ0) is 22.2. The lowest BCUT2D eigenvalue weighted by molar-refractivity contribution is -0.123. The monoisotopic (exact) mass is 480 g/mol. The molecular formula is C21H18ClFN2O4S2. The molecule has 1 fully saturated rings. The molecule has 31 heavy (non-hydrogen) atoms. The quantitative estimate of drug-likeness (QED) is 0.517. The lowest BCUT2D eigenvalue weighted by Gasteiger charge is -2.19. The molecule has 0 spiro atoms. The summed E-state index contributed by atoms with van der Waals surface area (Å²) in [6, 6.07) is 9.75. The summed E-state index contributed by atoms with van der Waals surface area (Å²) in [6.45, 7) is 1.85. The summed E-state index contributed by atoms with van der Waals surface area (Å²) in [4.78, 5) is 18.2. The van der Waals surface area contributed by atoms with Gasteiger partial charge in [0.05, 0.1) is 10.1 Å². The summed E-state index contributed by atoms with van der Waals surface area (Å²) in [7, 11) is -3.37. The zero-order valence-corrected chi connectivity index (χ0v) is 18.7. The molecule has 1 heterocycles. The second kappa shape index (κ2) is 8.57. The van der Waals surface area contributed by atoms with E-state index in [1.54, 1.807) is 6.20 Å². The van der Waals surface area contributed by atoms with E-state index in [-0.39, 0.29) is 20.9 Å². The fourth-order valence-corrected chi connectivity index (χ4v) is 5.44. The Hall–Kier alpha value is -2.49. The van der Waals surface area contributed by atoms with Crippen LogP contribution in [0.5, 0.6) is 5.75 Å². The molecule has 1 aliphatic carbocycles. The Bertz CT molecular complexity index is 1220. The first-order valence-corrected chi connectivity index (χ1v) is 12.2. The van der Waals surface area contributed by atoms with Gasteiger partial charge >= 0.3 is 0 Å². The van der Waals surface area contributed by atoms with Crippen molar-refractivity contribution in [3.8, 4) is 5.75 Å². The van der Waals surface area contributed by atoms with Gasteiger partial charge in [-0.15, -0.1) is 11.3 Å². The van der Waals surface area contributed by atoms with Crippen LogP contribution < -0.4 is 10.1 Å². The number of nitrogens with zero attached hydrogens (tertiary/aromatic N) is 1. The van der Waals surface area contributed by atoms with E-state index in [2.05, 4.69) is 10.3 Å². The number of hydrogen-bond acceptors (Lipinski definition) is 6. The van der Waals surface area contributed by atoms with Crippen molar-refractivity contribution in [3.05, 3.63) is 69.9 Å². The number of anilines is 1. The van der Waals surface area contributed by atoms with Crippen molar-refractivity contribution in [2.45, 2.75) is 36.0 Å². The number of hydrogen-bond donors (Lipinski definition) is 1. The van der Waals surface area contributed by atoms with E-state index in [4.69, 9.17) is 16.3 Å². The Morgan fingerprint density at radius 2 is 1.97 bits per heavy atom. The number of ether oxygens (including phenoxy) is 1. The van der Waals surface area contributed by atoms with Crippen LogP contribution in [0.25, 0.3) is 0 Å². The minimum absolute atomic E-state index is 0.158. The molecule has 0 aliphatic heterocycles. The molecule has 1 amide bonds. The van der Waals surface area contributed by atoms with Crippen molar-refractivity contribution >= 4 is 43.8 Å². The molecule has 1 saturated carbocycles. The third-order valence-corrected chi connectivity index (χ3v) is 8.04. The lowest BCUT2D eigenvalue weighted by Crippen LogP contribution is -2.26. The van der Waals surface area contributed by atoms with Crippen LogP contribution in [0, 0.1) is 12.7 Å². The van der Waals surface area contributed by atoms with Crippen LogP contribution in [-0.2, 0) is 14.6 Å². The van der Waals surface area contributed by atoms with Gasteiger partial charge in [0, 0.05) is 21.7 Å². The minimum atomic E-state index is -3.37. The van der Waals surface area contributed by atoms with E-state index in [0.29, 0.717) is 23.5 Å². The van der Waals surface area contributed by atoms with Gasteiger partial charge in [-0.1, -0.05) is 23.7 Å². The van der Waals surface area contributed by atoms with E-state index in [0.717, 1.165) is 10.9 Å². The van der Waals surface area contributed by atoms with Gasteiger partial charge in [0.2, 0.25) is 6.10 Å². The lowest BCUT2D eigenvalue weighted by atomic mass is 10.1. The molecule has 1 aliphatic rings. The molecule has 1 atom stereocenters. The molecule has 0 radical (unpaired) electrons. The second-order valence-corrected chi connectivity index (χ2v) is 11.1. The first-order chi connectivity index (χ1) is 14.7. The minimum Gasteiger partial charge on any atom is -0.473 e. The summed E-state index contributed by atoms with van der Waals surface area (Å²) in [5, 5.41) is 2.89. The van der Waals surface area contributed by atoms with Crippen LogP contribution in [-0.4, -0.2) is 24.6 Å². The van der Waals surface area contributed by atoms with E-state index >= 15 is 0 Å². The van der Waals surface area contributed by atoms with Gasteiger partial charge in [-0.25, -0.2) is 17.8 Å². The number of amides is 1. The number of rotatable bonds is 7. The number of aromatic nitrogens is 1. The topological polar surface area (TPSA) is 85.4 Å². The molecule has 4 rings (SSSR count). The molecule has 2 aromatic carbocycles. The van der Waals surface area contributed by atoms with Crippen molar-refractivity contribution in [1.29, 1.82) is 0 Å². The van der Waals surface area contributed by atoms with Crippen molar-refractivity contribution in [3.63, 3.8) is 0 Å². The maximum atomic E-state index is 14.3. The predicted molar refractivity (Wildman–Crippen MR) is 117 cm³/mol. The molecule has 162 valence electrons. The number of carbonyl (C=O) groups is 1. The molecule has 1 unspecified atom stereocenters. The standard InChI is InChI=1S/C21H18ClFN2O4S2/c1-12-11-24-21(30-12)25-20(26)19(29-18-9-4-14(22)10-17(18)23)13-2-5-15(6-3-13)31(27,28)16-7-8-16/h2-6,9-11,16,19H,7-8H2,1H3,(H,24,25,26). The number of carbonyl (C=O) groups excluding carboxylic acids is 1. The zero-order valence-electron chi connectivity index (χ0n) is 16.3. The fraction of sp³-hybridized carbons (Fsp3) is 0.238. The Labute approximate surface area is 188 Å². The average molecular weight is 481 g/mol. The van der Waals surface area contributed by atoms with Crippen LogP contribution in [0.15, 0.2) is 53.6 Å². The van der Waals surface area contributed by atoms with Crippen molar-refractivity contribution < 1.29 is 22.3 Å². The first-order valence-electron chi connectivity index (χ1n) is 9.43. The second-order valence-electron chi connectivity index (χ2n) is 7.15. The summed E-state index contributed by atoms with van der Waals surface area (Å²) in [6.07, 6.45) is 1.69.